The molecule has 6 nitrogen and oxygen atoms in total. The minimum atomic E-state index is -0.636. The molecule has 0 aliphatic carbocycles. The highest BCUT2D eigenvalue weighted by atomic mass is 127. The number of fused-ring (bicyclic) bond motifs is 2. The first kappa shape index (κ1) is 12.4. The van der Waals surface area contributed by atoms with Gasteiger partial charge in [-0.2, -0.15) is 0 Å². The Morgan fingerprint density at radius 1 is 1.00 bits per heavy atom. The van der Waals surface area contributed by atoms with E-state index in [0.717, 1.165) is 0 Å². The second kappa shape index (κ2) is 4.20. The third kappa shape index (κ3) is 1.80. The van der Waals surface area contributed by atoms with Crippen molar-refractivity contribution in [3.8, 4) is 0 Å². The maximum Gasteiger partial charge on any atom is 0.287 e. The summed E-state index contributed by atoms with van der Waals surface area (Å²) < 4.78 is 0.614. The summed E-state index contributed by atoms with van der Waals surface area (Å²) in [5.74, 6) is 0. The van der Waals surface area contributed by atoms with Crippen LogP contribution in [0.5, 0.6) is 0 Å². The molecule has 0 saturated heterocycles. The molecule has 0 amide bonds. The van der Waals surface area contributed by atoms with Crippen LogP contribution in [0.3, 0.4) is 0 Å². The predicted molar refractivity (Wildman–Crippen MR) is 81.0 cm³/mol. The number of H-pyrrole nitrogens is 3. The Morgan fingerprint density at radius 3 is 2.42 bits per heavy atom. The summed E-state index contributed by atoms with van der Waals surface area (Å²) in [5, 5.41) is 4.90. The zero-order chi connectivity index (χ0) is 13.7. The Bertz CT molecular complexity index is 1000. The Balaban J connectivity index is 2.77. The standard InChI is InChI=1S/C11H5ClIN3O3/c12-3-1-4(13)6-5(2-3)14-8-7(9(6)17)10(18)15-16-11(8)19/h1-2H,(H,14,17)(H,15,18)(H,16,19). The lowest BCUT2D eigenvalue weighted by Crippen LogP contribution is -2.26. The van der Waals surface area contributed by atoms with Crippen LogP contribution in [0.2, 0.25) is 5.02 Å². The molecule has 0 aliphatic rings. The number of pyridine rings is 1. The fourth-order valence-corrected chi connectivity index (χ4v) is 3.24. The van der Waals surface area contributed by atoms with E-state index in [1.165, 1.54) is 0 Å². The first-order valence-electron chi connectivity index (χ1n) is 5.15. The van der Waals surface area contributed by atoms with Crippen LogP contribution in [0, 0.1) is 3.57 Å². The Morgan fingerprint density at radius 2 is 1.68 bits per heavy atom. The van der Waals surface area contributed by atoms with Crippen molar-refractivity contribution in [1.29, 1.82) is 0 Å². The first-order valence-corrected chi connectivity index (χ1v) is 6.60. The van der Waals surface area contributed by atoms with Gasteiger partial charge in [0.2, 0.25) is 5.43 Å². The average molecular weight is 390 g/mol. The molecule has 2 heterocycles. The highest BCUT2D eigenvalue weighted by Gasteiger charge is 2.14. The van der Waals surface area contributed by atoms with Crippen LogP contribution in [0.25, 0.3) is 21.8 Å². The fraction of sp³-hybridized carbons (Fsp3) is 0. The van der Waals surface area contributed by atoms with Crippen LogP contribution in [-0.2, 0) is 0 Å². The van der Waals surface area contributed by atoms with Crippen LogP contribution in [-0.4, -0.2) is 15.2 Å². The van der Waals surface area contributed by atoms with E-state index in [-0.39, 0.29) is 10.9 Å². The molecule has 8 heteroatoms. The minimum Gasteiger partial charge on any atom is -0.350 e. The number of hydrogen-bond acceptors (Lipinski definition) is 3. The van der Waals surface area contributed by atoms with Crippen LogP contribution in [0.1, 0.15) is 0 Å². The van der Waals surface area contributed by atoms with Gasteiger partial charge in [-0.3, -0.25) is 24.6 Å². The molecular weight excluding hydrogens is 384 g/mol. The Hall–Kier alpha value is -1.61. The summed E-state index contributed by atoms with van der Waals surface area (Å²) in [6.07, 6.45) is 0. The number of rotatable bonds is 0. The molecule has 19 heavy (non-hydrogen) atoms. The third-order valence-electron chi connectivity index (χ3n) is 2.76. The summed E-state index contributed by atoms with van der Waals surface area (Å²) in [6, 6.07) is 3.16. The van der Waals surface area contributed by atoms with E-state index in [0.29, 0.717) is 19.5 Å². The zero-order valence-electron chi connectivity index (χ0n) is 9.14. The van der Waals surface area contributed by atoms with Crippen molar-refractivity contribution < 1.29 is 0 Å². The van der Waals surface area contributed by atoms with Crippen molar-refractivity contribution in [3.05, 3.63) is 51.7 Å². The Kier molecular flexibility index (Phi) is 2.75. The molecule has 0 atom stereocenters. The van der Waals surface area contributed by atoms with E-state index in [1.807, 2.05) is 22.6 Å². The molecule has 96 valence electrons. The summed E-state index contributed by atoms with van der Waals surface area (Å²) in [5.41, 5.74) is -1.32. The van der Waals surface area contributed by atoms with E-state index < -0.39 is 16.5 Å². The number of benzene rings is 1. The van der Waals surface area contributed by atoms with E-state index in [1.54, 1.807) is 12.1 Å². The second-order valence-electron chi connectivity index (χ2n) is 3.92. The number of aromatic amines is 3. The van der Waals surface area contributed by atoms with Crippen molar-refractivity contribution in [3.63, 3.8) is 0 Å². The van der Waals surface area contributed by atoms with Gasteiger partial charge in [-0.25, -0.2) is 0 Å². The van der Waals surface area contributed by atoms with Gasteiger partial charge in [0.1, 0.15) is 10.9 Å². The Labute approximate surface area is 122 Å². The molecule has 0 unspecified atom stereocenters. The van der Waals surface area contributed by atoms with Crippen molar-refractivity contribution >= 4 is 56.0 Å². The predicted octanol–water partition coefficient (Wildman–Crippen LogP) is 1.32. The van der Waals surface area contributed by atoms with E-state index in [2.05, 4.69) is 15.2 Å². The lowest BCUT2D eigenvalue weighted by atomic mass is 10.1. The van der Waals surface area contributed by atoms with E-state index in [4.69, 9.17) is 11.6 Å². The maximum atomic E-state index is 12.4. The average Bonchev–Trinajstić information content (AvgIpc) is 2.32. The summed E-state index contributed by atoms with van der Waals surface area (Å²) in [6.45, 7) is 0. The lowest BCUT2D eigenvalue weighted by molar-refractivity contribution is 0.970. The number of nitrogens with one attached hydrogen (secondary N) is 3. The normalized spacial score (nSPS) is 11.3. The van der Waals surface area contributed by atoms with Gasteiger partial charge in [-0.05, 0) is 34.7 Å². The molecule has 3 aromatic rings. The maximum absolute atomic E-state index is 12.4. The molecule has 3 N–H and O–H groups in total. The molecule has 0 spiro atoms. The van der Waals surface area contributed by atoms with Gasteiger partial charge in [0.05, 0.1) is 10.9 Å². The van der Waals surface area contributed by atoms with Gasteiger partial charge >= 0.3 is 0 Å². The van der Waals surface area contributed by atoms with Crippen LogP contribution < -0.4 is 16.5 Å². The smallest absolute Gasteiger partial charge is 0.287 e. The molecule has 0 fully saturated rings. The topological polar surface area (TPSA) is 98.6 Å². The fourth-order valence-electron chi connectivity index (χ4n) is 1.96. The van der Waals surface area contributed by atoms with E-state index in [9.17, 15) is 14.4 Å². The number of halogens is 2. The minimum absolute atomic E-state index is 0.0562. The number of aromatic nitrogens is 3. The highest BCUT2D eigenvalue weighted by Crippen LogP contribution is 2.22. The van der Waals surface area contributed by atoms with Crippen LogP contribution in [0.15, 0.2) is 26.5 Å². The van der Waals surface area contributed by atoms with Crippen LogP contribution in [0.4, 0.5) is 0 Å². The van der Waals surface area contributed by atoms with Gasteiger partial charge in [0, 0.05) is 8.59 Å². The van der Waals surface area contributed by atoms with Gasteiger partial charge in [-0.15, -0.1) is 0 Å². The zero-order valence-corrected chi connectivity index (χ0v) is 12.0. The monoisotopic (exact) mass is 389 g/mol. The molecule has 0 saturated carbocycles. The largest absolute Gasteiger partial charge is 0.350 e. The van der Waals surface area contributed by atoms with E-state index >= 15 is 0 Å². The number of hydrogen-bond donors (Lipinski definition) is 3. The summed E-state index contributed by atoms with van der Waals surface area (Å²) >= 11 is 7.88. The molecule has 0 bridgehead atoms. The molecule has 1 aromatic carbocycles. The van der Waals surface area contributed by atoms with Gasteiger partial charge in [-0.1, -0.05) is 11.6 Å². The molecule has 0 aliphatic heterocycles. The molecule has 2 aromatic heterocycles. The quantitative estimate of drug-likeness (QED) is 0.399. The lowest BCUT2D eigenvalue weighted by Gasteiger charge is -2.04. The molecule has 0 radical (unpaired) electrons. The van der Waals surface area contributed by atoms with Crippen molar-refractivity contribution in [2.24, 2.45) is 0 Å². The SMILES string of the molecule is O=c1[nH][nH]c(=O)c2c(=O)c3c(I)cc(Cl)cc3[nH]c12. The summed E-state index contributed by atoms with van der Waals surface area (Å²) in [7, 11) is 0. The van der Waals surface area contributed by atoms with Gasteiger partial charge in [0.15, 0.2) is 0 Å². The van der Waals surface area contributed by atoms with Gasteiger partial charge in [0.25, 0.3) is 11.1 Å². The highest BCUT2D eigenvalue weighted by molar-refractivity contribution is 14.1. The van der Waals surface area contributed by atoms with Crippen LogP contribution >= 0.6 is 34.2 Å². The van der Waals surface area contributed by atoms with Crippen molar-refractivity contribution in [1.82, 2.24) is 15.2 Å². The third-order valence-corrected chi connectivity index (χ3v) is 3.83. The summed E-state index contributed by atoms with van der Waals surface area (Å²) in [4.78, 5) is 38.5. The van der Waals surface area contributed by atoms with Gasteiger partial charge < -0.3 is 4.98 Å². The second-order valence-corrected chi connectivity index (χ2v) is 5.52. The van der Waals surface area contributed by atoms with Crippen molar-refractivity contribution in [2.45, 2.75) is 0 Å². The first-order chi connectivity index (χ1) is 8.99. The molecular formula is C11H5ClIN3O3. The molecule has 3 rings (SSSR count). The van der Waals surface area contributed by atoms with Crippen molar-refractivity contribution in [2.75, 3.05) is 0 Å².